The molecule has 10 heteroatoms. The van der Waals surface area contributed by atoms with Crippen molar-refractivity contribution in [2.24, 2.45) is 0 Å². The van der Waals surface area contributed by atoms with Crippen LogP contribution in [0.15, 0.2) is 42.5 Å². The van der Waals surface area contributed by atoms with Gasteiger partial charge < -0.3 is 10.2 Å². The fraction of sp³-hybridized carbons (Fsp3) is 0.350. The lowest BCUT2D eigenvalue weighted by atomic mass is 9.93. The molecule has 1 heterocycles. The van der Waals surface area contributed by atoms with Crippen LogP contribution in [0.4, 0.5) is 28.0 Å². The van der Waals surface area contributed by atoms with Gasteiger partial charge >= 0.3 is 12.2 Å². The second-order valence-corrected chi connectivity index (χ2v) is 7.47. The summed E-state index contributed by atoms with van der Waals surface area (Å²) in [6, 6.07) is 8.39. The molecule has 2 atom stereocenters. The molecule has 0 spiro atoms. The fourth-order valence-corrected chi connectivity index (χ4v) is 3.77. The number of anilines is 1. The number of alkyl halides is 3. The van der Waals surface area contributed by atoms with Gasteiger partial charge in [0.1, 0.15) is 5.82 Å². The quantitative estimate of drug-likeness (QED) is 0.635. The molecule has 164 valence electrons. The van der Waals surface area contributed by atoms with Crippen molar-refractivity contribution >= 4 is 35.7 Å². The zero-order valence-corrected chi connectivity index (χ0v) is 17.8. The van der Waals surface area contributed by atoms with Crippen molar-refractivity contribution in [2.75, 3.05) is 32.1 Å². The lowest BCUT2D eigenvalue weighted by Gasteiger charge is -2.33. The number of amides is 2. The summed E-state index contributed by atoms with van der Waals surface area (Å²) in [5.41, 5.74) is 0.00537. The second kappa shape index (κ2) is 9.41. The fourth-order valence-electron chi connectivity index (χ4n) is 3.54. The van der Waals surface area contributed by atoms with Crippen molar-refractivity contribution in [3.05, 3.63) is 64.4 Å². The summed E-state index contributed by atoms with van der Waals surface area (Å²) in [5.74, 6) is -0.412. The molecule has 0 aliphatic carbocycles. The minimum Gasteiger partial charge on any atom is -0.322 e. The van der Waals surface area contributed by atoms with Crippen molar-refractivity contribution in [3.8, 4) is 0 Å². The molecule has 4 nitrogen and oxygen atoms in total. The number of nitrogens with one attached hydrogen (secondary N) is 1. The highest BCUT2D eigenvalue weighted by atomic mass is 35.5. The van der Waals surface area contributed by atoms with E-state index in [-0.39, 0.29) is 40.9 Å². The Hall–Kier alpha value is -2.03. The number of carbonyl (C=O) groups is 1. The third-order valence-corrected chi connectivity index (χ3v) is 5.38. The summed E-state index contributed by atoms with van der Waals surface area (Å²) in [6.45, 7) is 1.12. The van der Waals surface area contributed by atoms with Gasteiger partial charge in [0, 0.05) is 43.8 Å². The predicted octanol–water partition coefficient (Wildman–Crippen LogP) is 5.16. The number of rotatable bonds is 3. The summed E-state index contributed by atoms with van der Waals surface area (Å²) in [6.07, 6.45) is -4.57. The van der Waals surface area contributed by atoms with Crippen LogP contribution in [0.3, 0.4) is 0 Å². The van der Waals surface area contributed by atoms with Crippen LogP contribution in [0.25, 0.3) is 0 Å². The van der Waals surface area contributed by atoms with Crippen molar-refractivity contribution in [3.63, 3.8) is 0 Å². The maximum Gasteiger partial charge on any atom is 0.416 e. The van der Waals surface area contributed by atoms with E-state index in [0.717, 1.165) is 22.6 Å². The molecule has 1 aliphatic heterocycles. The lowest BCUT2D eigenvalue weighted by molar-refractivity contribution is -0.137. The summed E-state index contributed by atoms with van der Waals surface area (Å²) in [4.78, 5) is 15.6. The Morgan fingerprint density at radius 1 is 1.10 bits per heavy atom. The Labute approximate surface area is 183 Å². The summed E-state index contributed by atoms with van der Waals surface area (Å²) < 4.78 is 52.5. The third-order valence-electron chi connectivity index (χ3n) is 5.16. The van der Waals surface area contributed by atoms with Crippen LogP contribution in [-0.2, 0) is 6.18 Å². The number of hydrogen-bond acceptors (Lipinski definition) is 2. The highest BCUT2D eigenvalue weighted by Crippen LogP contribution is 2.35. The first-order valence-corrected chi connectivity index (χ1v) is 9.30. The van der Waals surface area contributed by atoms with Crippen LogP contribution < -0.4 is 10.2 Å². The summed E-state index contributed by atoms with van der Waals surface area (Å²) in [5, 5.41) is 3.10. The molecular weight excluding hydrogens is 445 g/mol. The Morgan fingerprint density at radius 3 is 2.33 bits per heavy atom. The van der Waals surface area contributed by atoms with E-state index in [4.69, 9.17) is 11.6 Å². The molecule has 1 saturated heterocycles. The number of benzene rings is 2. The van der Waals surface area contributed by atoms with Gasteiger partial charge in [-0.1, -0.05) is 23.7 Å². The molecule has 1 aliphatic rings. The Balaban J connectivity index is 0.00000320. The number of hydrogen-bond donors (Lipinski definition) is 1. The Bertz CT molecular complexity index is 893. The summed E-state index contributed by atoms with van der Waals surface area (Å²) in [7, 11) is 3.00. The minimum atomic E-state index is -4.57. The molecule has 0 bridgehead atoms. The Kier molecular flexibility index (Phi) is 7.60. The van der Waals surface area contributed by atoms with Gasteiger partial charge in [-0.05, 0) is 35.9 Å². The zero-order valence-electron chi connectivity index (χ0n) is 16.2. The number of carbonyl (C=O) groups excluding carboxylic acids is 1. The monoisotopic (exact) mass is 465 g/mol. The minimum absolute atomic E-state index is 0. The molecule has 1 N–H and O–H groups in total. The van der Waals surface area contributed by atoms with Gasteiger partial charge in [0.15, 0.2) is 0 Å². The van der Waals surface area contributed by atoms with Crippen LogP contribution in [0.1, 0.15) is 17.0 Å². The largest absolute Gasteiger partial charge is 0.416 e. The molecule has 0 saturated carbocycles. The molecule has 2 aromatic carbocycles. The highest BCUT2D eigenvalue weighted by Gasteiger charge is 2.36. The average Bonchev–Trinajstić information content (AvgIpc) is 3.15. The highest BCUT2D eigenvalue weighted by molar-refractivity contribution is 6.31. The number of nitrogens with zero attached hydrogens (tertiary/aromatic N) is 2. The van der Waals surface area contributed by atoms with E-state index in [1.807, 2.05) is 0 Å². The van der Waals surface area contributed by atoms with Gasteiger partial charge in [-0.3, -0.25) is 4.90 Å². The van der Waals surface area contributed by atoms with Gasteiger partial charge in [0.25, 0.3) is 0 Å². The summed E-state index contributed by atoms with van der Waals surface area (Å²) >= 11 is 5.84. The SMILES string of the molecule is CN(C(=O)N(C)[C@@H]1CNC[C@H]1c1ccc(F)cc1)c1cc(Cl)cc(C(F)(F)F)c1.Cl. The average molecular weight is 466 g/mol. The maximum absolute atomic E-state index is 13.2. The second-order valence-electron chi connectivity index (χ2n) is 7.03. The first kappa shape index (κ1) is 24.2. The molecule has 1 fully saturated rings. The normalized spacial score (nSPS) is 18.6. The maximum atomic E-state index is 13.2. The lowest BCUT2D eigenvalue weighted by Crippen LogP contribution is -2.47. The molecule has 30 heavy (non-hydrogen) atoms. The number of halogens is 6. The van der Waals surface area contributed by atoms with E-state index >= 15 is 0 Å². The molecule has 2 aromatic rings. The van der Waals surface area contributed by atoms with Crippen LogP contribution in [0.5, 0.6) is 0 Å². The van der Waals surface area contributed by atoms with Crippen molar-refractivity contribution in [1.82, 2.24) is 10.2 Å². The van der Waals surface area contributed by atoms with Gasteiger partial charge in [-0.25, -0.2) is 9.18 Å². The van der Waals surface area contributed by atoms with Crippen molar-refractivity contribution < 1.29 is 22.4 Å². The van der Waals surface area contributed by atoms with Crippen molar-refractivity contribution in [2.45, 2.75) is 18.1 Å². The van der Waals surface area contributed by atoms with E-state index in [2.05, 4.69) is 5.32 Å². The topological polar surface area (TPSA) is 35.6 Å². The van der Waals surface area contributed by atoms with Gasteiger partial charge in [0.05, 0.1) is 11.6 Å². The smallest absolute Gasteiger partial charge is 0.322 e. The van der Waals surface area contributed by atoms with E-state index in [0.29, 0.717) is 13.1 Å². The van der Waals surface area contributed by atoms with E-state index in [9.17, 15) is 22.4 Å². The van der Waals surface area contributed by atoms with Gasteiger partial charge in [-0.15, -0.1) is 12.4 Å². The van der Waals surface area contributed by atoms with E-state index in [1.165, 1.54) is 30.1 Å². The van der Waals surface area contributed by atoms with Crippen LogP contribution in [0.2, 0.25) is 5.02 Å². The van der Waals surface area contributed by atoms with E-state index < -0.39 is 17.8 Å². The molecule has 3 rings (SSSR count). The third kappa shape index (κ3) is 5.17. The van der Waals surface area contributed by atoms with Gasteiger partial charge in [-0.2, -0.15) is 13.2 Å². The molecular formula is C20H21Cl2F4N3O. The van der Waals surface area contributed by atoms with Crippen molar-refractivity contribution in [1.29, 1.82) is 0 Å². The van der Waals surface area contributed by atoms with Gasteiger partial charge in [0.2, 0.25) is 0 Å². The zero-order chi connectivity index (χ0) is 21.3. The van der Waals surface area contributed by atoms with Crippen LogP contribution in [-0.4, -0.2) is 44.2 Å². The number of urea groups is 1. The van der Waals surface area contributed by atoms with E-state index in [1.54, 1.807) is 19.2 Å². The predicted molar refractivity (Wildman–Crippen MR) is 111 cm³/mol. The molecule has 0 radical (unpaired) electrons. The molecule has 0 aromatic heterocycles. The van der Waals surface area contributed by atoms with Crippen LogP contribution in [0, 0.1) is 5.82 Å². The number of likely N-dealkylation sites (N-methyl/N-ethyl adjacent to an activating group) is 1. The molecule has 2 amide bonds. The first-order valence-electron chi connectivity index (χ1n) is 8.92. The first-order chi connectivity index (χ1) is 13.6. The standard InChI is InChI=1S/C20H20ClF4N3O.ClH/c1-27(16-8-13(20(23,24)25)7-14(21)9-16)19(29)28(2)18-11-26-10-17(18)12-3-5-15(22)6-4-12;/h3-9,17-18,26H,10-11H2,1-2H3;1H/t17-,18+;/m0./s1. The molecule has 0 unspecified atom stereocenters. The van der Waals surface area contributed by atoms with Crippen LogP contribution >= 0.6 is 24.0 Å². The Morgan fingerprint density at radius 2 is 1.73 bits per heavy atom.